The molecule has 0 radical (unpaired) electrons. The predicted molar refractivity (Wildman–Crippen MR) is 138 cm³/mol. The number of carbonyl (C=O) groups is 1. The second-order valence-electron chi connectivity index (χ2n) is 9.65. The zero-order valence-electron chi connectivity index (χ0n) is 21.1. The number of ether oxygens (including phenoxy) is 1. The number of carboxylic acids is 1. The summed E-state index contributed by atoms with van der Waals surface area (Å²) in [5.41, 5.74) is 7.46. The molecule has 3 unspecified atom stereocenters. The highest BCUT2D eigenvalue weighted by Crippen LogP contribution is 2.35. The molecule has 3 aromatic rings. The molecule has 0 aliphatic carbocycles. The number of nitrogens with two attached hydrogens (primary N) is 1. The van der Waals surface area contributed by atoms with Gasteiger partial charge in [0.05, 0.1) is 30.9 Å². The second kappa shape index (κ2) is 12.3. The van der Waals surface area contributed by atoms with E-state index in [4.69, 9.17) is 10.5 Å². The van der Waals surface area contributed by atoms with Crippen LogP contribution in [-0.2, 0) is 4.79 Å². The van der Waals surface area contributed by atoms with E-state index in [-0.39, 0.29) is 23.8 Å². The van der Waals surface area contributed by atoms with Gasteiger partial charge in [-0.25, -0.2) is 13.2 Å². The number of fused-ring (bicyclic) bond motifs is 1. The molecule has 6 nitrogen and oxygen atoms in total. The standard InChI is InChI=1S/C29H30F3N3O3/c1-38-22-6-9-27-23(15-22)29(25(32)16-34-27)26(33)8-4-18-10-12-35(17-20(18)14-28(36)37)11-2-3-19-13-21(30)5-7-24(19)31/h5-7,9,13,15-16,18,20,26H,4,8,10-12,14,17,33H2,1H3,(H,36,37). The number of hydrogen-bond donors (Lipinski definition) is 2. The van der Waals surface area contributed by atoms with Gasteiger partial charge in [-0.05, 0) is 74.0 Å². The van der Waals surface area contributed by atoms with Crippen molar-refractivity contribution in [2.75, 3.05) is 26.7 Å². The normalized spacial score (nSPS) is 18.6. The van der Waals surface area contributed by atoms with E-state index < -0.39 is 29.5 Å². The first kappa shape index (κ1) is 27.4. The van der Waals surface area contributed by atoms with Gasteiger partial charge in [0, 0.05) is 30.0 Å². The van der Waals surface area contributed by atoms with Crippen LogP contribution in [0.2, 0.25) is 0 Å². The monoisotopic (exact) mass is 525 g/mol. The van der Waals surface area contributed by atoms with Crippen molar-refractivity contribution in [3.63, 3.8) is 0 Å². The highest BCUT2D eigenvalue weighted by Gasteiger charge is 2.31. The SMILES string of the molecule is COc1ccc2ncc(F)c(C(N)CCC3CCN(CC#Cc4cc(F)ccc4F)CC3CC(=O)O)c2c1. The molecule has 3 atom stereocenters. The average molecular weight is 526 g/mol. The van der Waals surface area contributed by atoms with Gasteiger partial charge < -0.3 is 15.6 Å². The minimum absolute atomic E-state index is 0.00783. The Bertz CT molecular complexity index is 1370. The van der Waals surface area contributed by atoms with E-state index in [2.05, 4.69) is 16.8 Å². The Morgan fingerprint density at radius 2 is 2.03 bits per heavy atom. The number of piperidine rings is 1. The topological polar surface area (TPSA) is 88.7 Å². The van der Waals surface area contributed by atoms with Crippen molar-refractivity contribution in [1.29, 1.82) is 0 Å². The van der Waals surface area contributed by atoms with Gasteiger partial charge in [-0.15, -0.1) is 0 Å². The third kappa shape index (κ3) is 6.63. The van der Waals surface area contributed by atoms with Crippen LogP contribution in [0.15, 0.2) is 42.6 Å². The number of aromatic nitrogens is 1. The maximum atomic E-state index is 14.8. The zero-order valence-corrected chi connectivity index (χ0v) is 21.1. The molecule has 3 N–H and O–H groups in total. The minimum atomic E-state index is -0.891. The van der Waals surface area contributed by atoms with Crippen LogP contribution in [0.3, 0.4) is 0 Å². The van der Waals surface area contributed by atoms with Crippen molar-refractivity contribution in [2.24, 2.45) is 17.6 Å². The summed E-state index contributed by atoms with van der Waals surface area (Å²) >= 11 is 0. The molecule has 4 rings (SSSR count). The Morgan fingerprint density at radius 1 is 1.21 bits per heavy atom. The summed E-state index contributed by atoms with van der Waals surface area (Å²) in [5, 5.41) is 10.1. The van der Waals surface area contributed by atoms with Gasteiger partial charge in [-0.1, -0.05) is 11.8 Å². The lowest BCUT2D eigenvalue weighted by Gasteiger charge is -2.37. The molecule has 2 aromatic carbocycles. The zero-order chi connectivity index (χ0) is 27.2. The van der Waals surface area contributed by atoms with Gasteiger partial charge in [0.2, 0.25) is 0 Å². The molecule has 2 heterocycles. The van der Waals surface area contributed by atoms with Crippen molar-refractivity contribution < 1.29 is 27.8 Å². The number of benzene rings is 2. The Hall–Kier alpha value is -3.61. The van der Waals surface area contributed by atoms with Crippen molar-refractivity contribution in [1.82, 2.24) is 9.88 Å². The number of nitrogens with zero attached hydrogens (tertiary/aromatic N) is 2. The van der Waals surface area contributed by atoms with Gasteiger partial charge in [0.15, 0.2) is 0 Å². The van der Waals surface area contributed by atoms with E-state index in [1.54, 1.807) is 18.2 Å². The van der Waals surface area contributed by atoms with Crippen LogP contribution in [0.1, 0.15) is 42.9 Å². The summed E-state index contributed by atoms with van der Waals surface area (Å²) < 4.78 is 47.3. The van der Waals surface area contributed by atoms with Crippen LogP contribution in [0, 0.1) is 41.1 Å². The van der Waals surface area contributed by atoms with Crippen LogP contribution >= 0.6 is 0 Å². The van der Waals surface area contributed by atoms with Crippen molar-refractivity contribution in [2.45, 2.75) is 31.7 Å². The summed E-state index contributed by atoms with van der Waals surface area (Å²) in [6, 6.07) is 7.77. The van der Waals surface area contributed by atoms with E-state index in [9.17, 15) is 23.1 Å². The van der Waals surface area contributed by atoms with Crippen molar-refractivity contribution >= 4 is 16.9 Å². The molecular formula is C29H30F3N3O3. The minimum Gasteiger partial charge on any atom is -0.497 e. The lowest BCUT2D eigenvalue weighted by molar-refractivity contribution is -0.139. The molecule has 0 saturated carbocycles. The van der Waals surface area contributed by atoms with Crippen molar-refractivity contribution in [3.05, 3.63) is 71.2 Å². The molecule has 1 saturated heterocycles. The third-order valence-electron chi connectivity index (χ3n) is 7.15. The van der Waals surface area contributed by atoms with E-state index in [1.807, 2.05) is 4.90 Å². The number of halogens is 3. The van der Waals surface area contributed by atoms with E-state index >= 15 is 0 Å². The van der Waals surface area contributed by atoms with Crippen LogP contribution in [-0.4, -0.2) is 47.7 Å². The largest absolute Gasteiger partial charge is 0.497 e. The molecule has 1 aliphatic rings. The Kier molecular flexibility index (Phi) is 8.87. The number of carboxylic acid groups (broad SMARTS) is 1. The van der Waals surface area contributed by atoms with Crippen molar-refractivity contribution in [3.8, 4) is 17.6 Å². The first-order valence-electron chi connectivity index (χ1n) is 12.5. The Morgan fingerprint density at radius 3 is 2.79 bits per heavy atom. The highest BCUT2D eigenvalue weighted by atomic mass is 19.1. The molecule has 200 valence electrons. The van der Waals surface area contributed by atoms with Crippen LogP contribution in [0.4, 0.5) is 13.2 Å². The first-order valence-corrected chi connectivity index (χ1v) is 12.5. The lowest BCUT2D eigenvalue weighted by Crippen LogP contribution is -2.41. The van der Waals surface area contributed by atoms with Gasteiger partial charge in [0.25, 0.3) is 0 Å². The van der Waals surface area contributed by atoms with Gasteiger partial charge in [-0.3, -0.25) is 14.7 Å². The molecule has 0 spiro atoms. The summed E-state index contributed by atoms with van der Waals surface area (Å²) in [5.74, 6) is 3.55. The van der Waals surface area contributed by atoms with E-state index in [0.717, 1.165) is 24.6 Å². The fraction of sp³-hybridized carbons (Fsp3) is 0.379. The molecule has 0 amide bonds. The molecule has 1 aliphatic heterocycles. The Labute approximate surface area is 219 Å². The third-order valence-corrected chi connectivity index (χ3v) is 7.15. The van der Waals surface area contributed by atoms with Gasteiger partial charge in [-0.2, -0.15) is 0 Å². The van der Waals surface area contributed by atoms with Crippen LogP contribution in [0.25, 0.3) is 10.9 Å². The molecule has 1 fully saturated rings. The molecule has 1 aromatic heterocycles. The lowest BCUT2D eigenvalue weighted by atomic mass is 9.79. The first-order chi connectivity index (χ1) is 18.2. The molecule has 38 heavy (non-hydrogen) atoms. The fourth-order valence-corrected chi connectivity index (χ4v) is 5.18. The Balaban J connectivity index is 1.42. The smallest absolute Gasteiger partial charge is 0.303 e. The fourth-order valence-electron chi connectivity index (χ4n) is 5.18. The average Bonchev–Trinajstić information content (AvgIpc) is 2.89. The number of hydrogen-bond acceptors (Lipinski definition) is 5. The van der Waals surface area contributed by atoms with Gasteiger partial charge >= 0.3 is 5.97 Å². The number of rotatable bonds is 8. The summed E-state index contributed by atoms with van der Waals surface area (Å²) in [6.07, 6.45) is 3.01. The predicted octanol–water partition coefficient (Wildman–Crippen LogP) is 4.91. The van der Waals surface area contributed by atoms with Gasteiger partial charge in [0.1, 0.15) is 23.2 Å². The molecular weight excluding hydrogens is 495 g/mol. The summed E-state index contributed by atoms with van der Waals surface area (Å²) in [6.45, 7) is 1.50. The maximum absolute atomic E-state index is 14.8. The van der Waals surface area contributed by atoms with Crippen LogP contribution < -0.4 is 10.5 Å². The second-order valence-corrected chi connectivity index (χ2v) is 9.65. The maximum Gasteiger partial charge on any atom is 0.303 e. The summed E-state index contributed by atoms with van der Waals surface area (Å²) in [7, 11) is 1.54. The number of methoxy groups -OCH3 is 1. The summed E-state index contributed by atoms with van der Waals surface area (Å²) in [4.78, 5) is 17.8. The van der Waals surface area contributed by atoms with Crippen LogP contribution in [0.5, 0.6) is 5.75 Å². The van der Waals surface area contributed by atoms with E-state index in [1.165, 1.54) is 13.3 Å². The number of likely N-dealkylation sites (tertiary alicyclic amines) is 1. The molecule has 0 bridgehead atoms. The number of pyridine rings is 1. The highest BCUT2D eigenvalue weighted by molar-refractivity contribution is 5.84. The molecule has 9 heteroatoms. The van der Waals surface area contributed by atoms with E-state index in [0.29, 0.717) is 54.7 Å². The number of aliphatic carboxylic acids is 1. The quantitative estimate of drug-likeness (QED) is 0.407.